The first-order chi connectivity index (χ1) is 11.2. The Morgan fingerprint density at radius 3 is 1.54 bits per heavy atom. The lowest BCUT2D eigenvalue weighted by Gasteiger charge is -2.12. The summed E-state index contributed by atoms with van der Waals surface area (Å²) in [6, 6.07) is 15.4. The molecule has 0 aromatic heterocycles. The molecule has 0 radical (unpaired) electrons. The molecule has 0 bridgehead atoms. The summed E-state index contributed by atoms with van der Waals surface area (Å²) in [5, 5.41) is 0. The molecule has 0 saturated heterocycles. The topological polar surface area (TPSA) is 0 Å². The van der Waals surface area contributed by atoms with Crippen LogP contribution in [0.5, 0.6) is 0 Å². The summed E-state index contributed by atoms with van der Waals surface area (Å²) < 4.78 is 38.4. The first-order valence-corrected chi connectivity index (χ1v) is 7.83. The molecule has 0 spiro atoms. The second-order valence-electron chi connectivity index (χ2n) is 5.87. The van der Waals surface area contributed by atoms with Crippen LogP contribution in [0.4, 0.5) is 13.2 Å². The van der Waals surface area contributed by atoms with Gasteiger partial charge in [-0.1, -0.05) is 54.6 Å². The van der Waals surface area contributed by atoms with Gasteiger partial charge >= 0.3 is 6.18 Å². The summed E-state index contributed by atoms with van der Waals surface area (Å²) in [6.45, 7) is 6.68. The van der Waals surface area contributed by atoms with Gasteiger partial charge in [0.2, 0.25) is 0 Å². The van der Waals surface area contributed by atoms with Gasteiger partial charge in [0, 0.05) is 5.57 Å². The average molecular weight is 330 g/mol. The molecule has 0 N–H and O–H groups in total. The molecule has 24 heavy (non-hydrogen) atoms. The van der Waals surface area contributed by atoms with Gasteiger partial charge in [-0.05, 0) is 61.1 Å². The van der Waals surface area contributed by atoms with Crippen LogP contribution in [0.25, 0.3) is 22.3 Å². The van der Waals surface area contributed by atoms with E-state index in [-0.39, 0.29) is 5.57 Å². The first kappa shape index (κ1) is 18.1. The molecule has 126 valence electrons. The third-order valence-corrected chi connectivity index (χ3v) is 4.41. The minimum Gasteiger partial charge on any atom is -0.166 e. The third kappa shape index (κ3) is 3.97. The molecule has 0 saturated carbocycles. The molecule has 0 amide bonds. The zero-order chi connectivity index (χ0) is 17.9. The quantitative estimate of drug-likeness (QED) is 0.561. The summed E-state index contributed by atoms with van der Waals surface area (Å²) in [7, 11) is 0. The van der Waals surface area contributed by atoms with Gasteiger partial charge in [-0.3, -0.25) is 0 Å². The summed E-state index contributed by atoms with van der Waals surface area (Å²) >= 11 is 0. The van der Waals surface area contributed by atoms with Crippen molar-refractivity contribution in [3.63, 3.8) is 0 Å². The number of halogens is 3. The van der Waals surface area contributed by atoms with Crippen molar-refractivity contribution in [3.8, 4) is 11.1 Å². The molecule has 2 aromatic carbocycles. The molecule has 0 atom stereocenters. The SMILES string of the molecule is C/C=C(\C)c1ccc(-c2ccc(/C(C)=C(/C)C(F)(F)F)cc2)cc1. The lowest BCUT2D eigenvalue weighted by Crippen LogP contribution is -2.10. The van der Waals surface area contributed by atoms with Crippen molar-refractivity contribution in [1.29, 1.82) is 0 Å². The van der Waals surface area contributed by atoms with E-state index in [1.54, 1.807) is 12.1 Å². The summed E-state index contributed by atoms with van der Waals surface area (Å²) in [5.41, 5.74) is 4.70. The van der Waals surface area contributed by atoms with Crippen LogP contribution in [0.3, 0.4) is 0 Å². The van der Waals surface area contributed by atoms with Gasteiger partial charge in [0.25, 0.3) is 0 Å². The number of allylic oxidation sites excluding steroid dienone is 4. The van der Waals surface area contributed by atoms with E-state index in [1.807, 2.05) is 31.2 Å². The Morgan fingerprint density at radius 2 is 1.17 bits per heavy atom. The van der Waals surface area contributed by atoms with Crippen LogP contribution in [-0.4, -0.2) is 6.18 Å². The number of hydrogen-bond acceptors (Lipinski definition) is 0. The molecule has 0 aliphatic rings. The van der Waals surface area contributed by atoms with Gasteiger partial charge in [-0.15, -0.1) is 0 Å². The molecule has 0 nitrogen and oxygen atoms in total. The summed E-state index contributed by atoms with van der Waals surface area (Å²) in [5.74, 6) is 0. The monoisotopic (exact) mass is 330 g/mol. The fourth-order valence-electron chi connectivity index (χ4n) is 2.43. The van der Waals surface area contributed by atoms with Crippen LogP contribution in [0.15, 0.2) is 60.2 Å². The molecule has 0 heterocycles. The molecular weight excluding hydrogens is 309 g/mol. The predicted molar refractivity (Wildman–Crippen MR) is 95.5 cm³/mol. The second-order valence-corrected chi connectivity index (χ2v) is 5.87. The fraction of sp³-hybridized carbons (Fsp3) is 0.238. The van der Waals surface area contributed by atoms with Gasteiger partial charge in [0.1, 0.15) is 0 Å². The molecule has 0 fully saturated rings. The second kappa shape index (κ2) is 7.08. The number of hydrogen-bond donors (Lipinski definition) is 0. The van der Waals surface area contributed by atoms with Crippen molar-refractivity contribution in [3.05, 3.63) is 71.3 Å². The highest BCUT2D eigenvalue weighted by atomic mass is 19.4. The predicted octanol–water partition coefficient (Wildman–Crippen LogP) is 7.13. The van der Waals surface area contributed by atoms with Gasteiger partial charge in [0.15, 0.2) is 0 Å². The van der Waals surface area contributed by atoms with E-state index in [1.165, 1.54) is 12.5 Å². The fourth-order valence-corrected chi connectivity index (χ4v) is 2.43. The van der Waals surface area contributed by atoms with E-state index in [0.717, 1.165) is 23.6 Å². The summed E-state index contributed by atoms with van der Waals surface area (Å²) in [6.07, 6.45) is -2.23. The first-order valence-electron chi connectivity index (χ1n) is 7.83. The van der Waals surface area contributed by atoms with Crippen LogP contribution in [0.2, 0.25) is 0 Å². The number of rotatable bonds is 3. The molecular formula is C21H21F3. The smallest absolute Gasteiger partial charge is 0.166 e. The van der Waals surface area contributed by atoms with E-state index < -0.39 is 11.7 Å². The Kier molecular flexibility index (Phi) is 5.33. The minimum absolute atomic E-state index is 0.258. The van der Waals surface area contributed by atoms with Crippen LogP contribution < -0.4 is 0 Å². The van der Waals surface area contributed by atoms with E-state index in [2.05, 4.69) is 25.1 Å². The van der Waals surface area contributed by atoms with Crippen LogP contribution in [-0.2, 0) is 0 Å². The Hall–Kier alpha value is -2.29. The normalized spacial score (nSPS) is 13.7. The van der Waals surface area contributed by atoms with Crippen molar-refractivity contribution in [2.75, 3.05) is 0 Å². The zero-order valence-corrected chi connectivity index (χ0v) is 14.3. The summed E-state index contributed by atoms with van der Waals surface area (Å²) in [4.78, 5) is 0. The number of alkyl halides is 3. The maximum Gasteiger partial charge on any atom is 0.412 e. The van der Waals surface area contributed by atoms with E-state index in [9.17, 15) is 13.2 Å². The standard InChI is InChI=1S/C21H21F3/c1-5-14(2)17-6-10-19(11-7-17)20-12-8-18(9-13-20)15(3)16(4)21(22,23)24/h5-13H,1-4H3/b14-5+,16-15-. The molecule has 2 rings (SSSR count). The van der Waals surface area contributed by atoms with Crippen LogP contribution in [0, 0.1) is 0 Å². The Balaban J connectivity index is 2.30. The van der Waals surface area contributed by atoms with Crippen molar-refractivity contribution in [1.82, 2.24) is 0 Å². The highest BCUT2D eigenvalue weighted by molar-refractivity contribution is 5.73. The van der Waals surface area contributed by atoms with Crippen LogP contribution in [0.1, 0.15) is 38.8 Å². The number of benzene rings is 2. The maximum atomic E-state index is 12.8. The lowest BCUT2D eigenvalue weighted by atomic mass is 9.97. The molecule has 0 aliphatic heterocycles. The largest absolute Gasteiger partial charge is 0.412 e. The Morgan fingerprint density at radius 1 is 0.750 bits per heavy atom. The Bertz CT molecular complexity index is 758. The Labute approximate surface area is 141 Å². The van der Waals surface area contributed by atoms with Gasteiger partial charge in [-0.25, -0.2) is 0 Å². The van der Waals surface area contributed by atoms with Gasteiger partial charge in [0.05, 0.1) is 0 Å². The van der Waals surface area contributed by atoms with Gasteiger partial charge in [-0.2, -0.15) is 13.2 Å². The van der Waals surface area contributed by atoms with E-state index >= 15 is 0 Å². The van der Waals surface area contributed by atoms with Crippen molar-refractivity contribution < 1.29 is 13.2 Å². The van der Waals surface area contributed by atoms with Gasteiger partial charge < -0.3 is 0 Å². The maximum absolute atomic E-state index is 12.8. The van der Waals surface area contributed by atoms with E-state index in [0.29, 0.717) is 5.56 Å². The van der Waals surface area contributed by atoms with E-state index in [4.69, 9.17) is 0 Å². The minimum atomic E-state index is -4.29. The van der Waals surface area contributed by atoms with Crippen LogP contribution >= 0.6 is 0 Å². The van der Waals surface area contributed by atoms with Crippen molar-refractivity contribution in [2.24, 2.45) is 0 Å². The lowest BCUT2D eigenvalue weighted by molar-refractivity contribution is -0.0907. The highest BCUT2D eigenvalue weighted by Gasteiger charge is 2.31. The molecule has 0 aliphatic carbocycles. The van der Waals surface area contributed by atoms with Crippen molar-refractivity contribution >= 4 is 11.1 Å². The highest BCUT2D eigenvalue weighted by Crippen LogP contribution is 2.32. The van der Waals surface area contributed by atoms with Crippen molar-refractivity contribution in [2.45, 2.75) is 33.9 Å². The molecule has 0 unspecified atom stereocenters. The average Bonchev–Trinajstić information content (AvgIpc) is 2.59. The zero-order valence-electron chi connectivity index (χ0n) is 14.3. The molecule has 2 aromatic rings. The molecule has 3 heteroatoms. The third-order valence-electron chi connectivity index (χ3n) is 4.41.